The number of hydrogen-bond acceptors (Lipinski definition) is 2. The number of nitrogen functional groups attached to an aromatic ring is 1. The molecule has 0 unspecified atom stereocenters. The summed E-state index contributed by atoms with van der Waals surface area (Å²) >= 11 is 6.85. The first-order valence-electron chi connectivity index (χ1n) is 5.14. The van der Waals surface area contributed by atoms with Crippen molar-refractivity contribution in [1.29, 1.82) is 0 Å². The second kappa shape index (κ2) is 5.10. The van der Waals surface area contributed by atoms with E-state index in [1.54, 1.807) is 0 Å². The highest BCUT2D eigenvalue weighted by Gasteiger charge is 2.03. The van der Waals surface area contributed by atoms with Crippen molar-refractivity contribution < 1.29 is 0 Å². The topological polar surface area (TPSA) is 38.0 Å². The lowest BCUT2D eigenvalue weighted by Crippen LogP contribution is -1.97. The number of aryl methyl sites for hydroxylation is 1. The molecule has 3 N–H and O–H groups in total. The molecule has 0 fully saturated rings. The molecule has 0 saturated heterocycles. The molecule has 0 heterocycles. The van der Waals surface area contributed by atoms with E-state index in [2.05, 4.69) is 50.2 Å². The molecule has 88 valence electrons. The molecular weight excluding hydrogens is 344 g/mol. The van der Waals surface area contributed by atoms with Gasteiger partial charge in [0.05, 0.1) is 11.4 Å². The average molecular weight is 356 g/mol. The molecule has 2 aromatic carbocycles. The molecule has 2 aromatic rings. The van der Waals surface area contributed by atoms with Crippen molar-refractivity contribution in [3.63, 3.8) is 0 Å². The minimum Gasteiger partial charge on any atom is -0.397 e. The zero-order valence-corrected chi connectivity index (χ0v) is 12.5. The summed E-state index contributed by atoms with van der Waals surface area (Å²) in [5.74, 6) is 0. The largest absolute Gasteiger partial charge is 0.397 e. The third-order valence-corrected chi connectivity index (χ3v) is 3.47. The molecule has 0 aromatic heterocycles. The first kappa shape index (κ1) is 12.5. The third kappa shape index (κ3) is 3.01. The molecule has 0 radical (unpaired) electrons. The Morgan fingerprint density at radius 3 is 2.29 bits per heavy atom. The zero-order chi connectivity index (χ0) is 12.4. The fourth-order valence-corrected chi connectivity index (χ4v) is 2.26. The van der Waals surface area contributed by atoms with Gasteiger partial charge in [-0.3, -0.25) is 0 Å². The molecule has 0 spiro atoms. The Bertz CT molecular complexity index is 553. The molecule has 0 bridgehead atoms. The van der Waals surface area contributed by atoms with Crippen LogP contribution < -0.4 is 11.1 Å². The number of hydrogen-bond donors (Lipinski definition) is 2. The van der Waals surface area contributed by atoms with Crippen LogP contribution in [0.2, 0.25) is 0 Å². The lowest BCUT2D eigenvalue weighted by molar-refractivity contribution is 1.42. The van der Waals surface area contributed by atoms with Gasteiger partial charge in [0.25, 0.3) is 0 Å². The van der Waals surface area contributed by atoms with E-state index in [9.17, 15) is 0 Å². The van der Waals surface area contributed by atoms with Gasteiger partial charge in [-0.15, -0.1) is 0 Å². The monoisotopic (exact) mass is 354 g/mol. The maximum absolute atomic E-state index is 5.95. The van der Waals surface area contributed by atoms with Crippen molar-refractivity contribution in [2.45, 2.75) is 6.92 Å². The van der Waals surface area contributed by atoms with Gasteiger partial charge in [0.1, 0.15) is 0 Å². The number of halogens is 2. The van der Waals surface area contributed by atoms with Gasteiger partial charge in [-0.2, -0.15) is 0 Å². The molecule has 0 saturated carbocycles. The van der Waals surface area contributed by atoms with Crippen molar-refractivity contribution >= 4 is 48.9 Å². The summed E-state index contributed by atoms with van der Waals surface area (Å²) in [6.07, 6.45) is 0. The van der Waals surface area contributed by atoms with Crippen molar-refractivity contribution in [3.8, 4) is 0 Å². The highest BCUT2D eigenvalue weighted by Crippen LogP contribution is 2.29. The van der Waals surface area contributed by atoms with E-state index in [0.29, 0.717) is 0 Å². The Balaban J connectivity index is 2.34. The first-order valence-corrected chi connectivity index (χ1v) is 6.73. The van der Waals surface area contributed by atoms with Crippen LogP contribution in [0.25, 0.3) is 0 Å². The zero-order valence-electron chi connectivity index (χ0n) is 9.30. The molecule has 0 atom stereocenters. The van der Waals surface area contributed by atoms with Crippen molar-refractivity contribution in [2.24, 2.45) is 0 Å². The van der Waals surface area contributed by atoms with E-state index in [0.717, 1.165) is 26.0 Å². The van der Waals surface area contributed by atoms with Gasteiger partial charge in [0.2, 0.25) is 0 Å². The normalized spacial score (nSPS) is 10.3. The van der Waals surface area contributed by atoms with Gasteiger partial charge in [0, 0.05) is 14.6 Å². The number of anilines is 3. The molecular formula is C13H12Br2N2. The second-order valence-electron chi connectivity index (χ2n) is 3.82. The van der Waals surface area contributed by atoms with Gasteiger partial charge < -0.3 is 11.1 Å². The molecule has 2 nitrogen and oxygen atoms in total. The summed E-state index contributed by atoms with van der Waals surface area (Å²) in [6.45, 7) is 2.06. The first-order chi connectivity index (χ1) is 8.06. The van der Waals surface area contributed by atoms with Crippen LogP contribution in [-0.4, -0.2) is 0 Å². The number of rotatable bonds is 2. The van der Waals surface area contributed by atoms with Crippen molar-refractivity contribution in [3.05, 3.63) is 50.9 Å². The van der Waals surface area contributed by atoms with Crippen LogP contribution in [0.4, 0.5) is 17.1 Å². The SMILES string of the molecule is Cc1ccc(Br)cc1Nc1ccc(Br)cc1N. The minimum atomic E-state index is 0.721. The Kier molecular flexibility index (Phi) is 3.74. The summed E-state index contributed by atoms with van der Waals surface area (Å²) in [4.78, 5) is 0. The van der Waals surface area contributed by atoms with E-state index in [1.807, 2.05) is 30.3 Å². The van der Waals surface area contributed by atoms with Crippen LogP contribution >= 0.6 is 31.9 Å². The summed E-state index contributed by atoms with van der Waals surface area (Å²) in [5, 5.41) is 3.33. The molecule has 0 amide bonds. The van der Waals surface area contributed by atoms with Crippen molar-refractivity contribution in [2.75, 3.05) is 11.1 Å². The van der Waals surface area contributed by atoms with E-state index in [-0.39, 0.29) is 0 Å². The van der Waals surface area contributed by atoms with Crippen LogP contribution in [0.5, 0.6) is 0 Å². The number of nitrogens with one attached hydrogen (secondary N) is 1. The molecule has 0 aliphatic rings. The second-order valence-corrected chi connectivity index (χ2v) is 5.65. The van der Waals surface area contributed by atoms with Gasteiger partial charge in [-0.25, -0.2) is 0 Å². The quantitative estimate of drug-likeness (QED) is 0.756. The fraction of sp³-hybridized carbons (Fsp3) is 0.0769. The lowest BCUT2D eigenvalue weighted by atomic mass is 10.2. The molecule has 17 heavy (non-hydrogen) atoms. The van der Waals surface area contributed by atoms with E-state index < -0.39 is 0 Å². The van der Waals surface area contributed by atoms with Gasteiger partial charge in [-0.1, -0.05) is 37.9 Å². The summed E-state index contributed by atoms with van der Waals surface area (Å²) in [5.41, 5.74) is 9.81. The van der Waals surface area contributed by atoms with E-state index >= 15 is 0 Å². The summed E-state index contributed by atoms with van der Waals surface area (Å²) < 4.78 is 2.02. The maximum Gasteiger partial charge on any atom is 0.0618 e. The Morgan fingerprint density at radius 1 is 0.941 bits per heavy atom. The summed E-state index contributed by atoms with van der Waals surface area (Å²) in [6, 6.07) is 11.9. The van der Waals surface area contributed by atoms with Crippen molar-refractivity contribution in [1.82, 2.24) is 0 Å². The smallest absolute Gasteiger partial charge is 0.0618 e. The van der Waals surface area contributed by atoms with Crippen LogP contribution in [0.15, 0.2) is 45.3 Å². The molecule has 2 rings (SSSR count). The third-order valence-electron chi connectivity index (χ3n) is 2.48. The molecule has 4 heteroatoms. The lowest BCUT2D eigenvalue weighted by Gasteiger charge is -2.12. The Labute approximate surface area is 117 Å². The van der Waals surface area contributed by atoms with E-state index in [1.165, 1.54) is 5.56 Å². The molecule has 0 aliphatic carbocycles. The standard InChI is InChI=1S/C13H12Br2N2/c1-8-2-3-10(15)7-13(8)17-12-5-4-9(14)6-11(12)16/h2-7,17H,16H2,1H3. The molecule has 0 aliphatic heterocycles. The van der Waals surface area contributed by atoms with Gasteiger partial charge in [-0.05, 0) is 42.8 Å². The number of nitrogens with two attached hydrogens (primary N) is 1. The maximum atomic E-state index is 5.95. The Morgan fingerprint density at radius 2 is 1.59 bits per heavy atom. The van der Waals surface area contributed by atoms with Crippen LogP contribution in [0, 0.1) is 6.92 Å². The average Bonchev–Trinajstić information content (AvgIpc) is 2.27. The van der Waals surface area contributed by atoms with E-state index in [4.69, 9.17) is 5.73 Å². The Hall–Kier alpha value is -1.00. The summed E-state index contributed by atoms with van der Waals surface area (Å²) in [7, 11) is 0. The van der Waals surface area contributed by atoms with Gasteiger partial charge in [0.15, 0.2) is 0 Å². The predicted octanol–water partition coefficient (Wildman–Crippen LogP) is 4.85. The highest BCUT2D eigenvalue weighted by atomic mass is 79.9. The fourth-order valence-electron chi connectivity index (χ4n) is 1.52. The van der Waals surface area contributed by atoms with Gasteiger partial charge >= 0.3 is 0 Å². The van der Waals surface area contributed by atoms with Crippen LogP contribution in [-0.2, 0) is 0 Å². The van der Waals surface area contributed by atoms with Crippen LogP contribution in [0.1, 0.15) is 5.56 Å². The number of benzene rings is 2. The van der Waals surface area contributed by atoms with Crippen LogP contribution in [0.3, 0.4) is 0 Å². The minimum absolute atomic E-state index is 0.721. The predicted molar refractivity (Wildman–Crippen MR) is 80.7 cm³/mol. The highest BCUT2D eigenvalue weighted by molar-refractivity contribution is 9.10.